The van der Waals surface area contributed by atoms with Gasteiger partial charge < -0.3 is 14.7 Å². The lowest BCUT2D eigenvalue weighted by molar-refractivity contribution is 0.304. The molecule has 4 aromatic rings. The summed E-state index contributed by atoms with van der Waals surface area (Å²) in [6.07, 6.45) is 6.38. The molecular weight excluding hydrogens is 466 g/mol. The number of nitrogens with one attached hydrogen (secondary N) is 3. The van der Waals surface area contributed by atoms with E-state index < -0.39 is 10.0 Å². The maximum absolute atomic E-state index is 13.1. The van der Waals surface area contributed by atoms with Gasteiger partial charge in [0.25, 0.3) is 0 Å². The van der Waals surface area contributed by atoms with Crippen LogP contribution in [0.3, 0.4) is 0 Å². The number of H-pyrrole nitrogens is 1. The summed E-state index contributed by atoms with van der Waals surface area (Å²) in [6, 6.07) is 8.45. The third-order valence-corrected chi connectivity index (χ3v) is 7.69. The van der Waals surface area contributed by atoms with Gasteiger partial charge in [-0.2, -0.15) is 0 Å². The summed E-state index contributed by atoms with van der Waals surface area (Å²) in [6.45, 7) is 6.11. The average molecular weight is 496 g/mol. The second-order valence-corrected chi connectivity index (χ2v) is 11.7. The first-order valence-electron chi connectivity index (χ1n) is 11.7. The van der Waals surface area contributed by atoms with E-state index in [1.54, 1.807) is 30.6 Å². The van der Waals surface area contributed by atoms with Gasteiger partial charge in [-0.05, 0) is 56.0 Å². The predicted molar refractivity (Wildman–Crippen MR) is 132 cm³/mol. The minimum absolute atomic E-state index is 0.140. The zero-order chi connectivity index (χ0) is 24.6. The zero-order valence-electron chi connectivity index (χ0n) is 19.9. The highest BCUT2D eigenvalue weighted by Gasteiger charge is 2.30. The van der Waals surface area contributed by atoms with Crippen LogP contribution >= 0.6 is 0 Å². The van der Waals surface area contributed by atoms with Gasteiger partial charge >= 0.3 is 0 Å². The highest BCUT2D eigenvalue weighted by molar-refractivity contribution is 7.89. The number of sulfonamides is 1. The smallest absolute Gasteiger partial charge is 0.240 e. The van der Waals surface area contributed by atoms with Crippen LogP contribution in [0.25, 0.3) is 11.0 Å². The molecule has 1 aliphatic rings. The predicted octanol–water partition coefficient (Wildman–Crippen LogP) is 4.39. The number of rotatable bonds is 6. The van der Waals surface area contributed by atoms with E-state index in [2.05, 4.69) is 35.2 Å². The number of hydrogen-bond acceptors (Lipinski definition) is 8. The fourth-order valence-corrected chi connectivity index (χ4v) is 5.56. The topological polar surface area (TPSA) is 139 Å². The normalized spacial score (nSPS) is 19.2. The Morgan fingerprint density at radius 3 is 2.57 bits per heavy atom. The van der Waals surface area contributed by atoms with E-state index in [1.165, 1.54) is 0 Å². The van der Waals surface area contributed by atoms with Crippen LogP contribution in [0.4, 0.5) is 11.6 Å². The van der Waals surface area contributed by atoms with Gasteiger partial charge in [-0.3, -0.25) is 4.98 Å². The Morgan fingerprint density at radius 1 is 1.09 bits per heavy atom. The number of hydrogen-bond donors (Lipinski definition) is 3. The first-order chi connectivity index (χ1) is 16.7. The molecule has 1 aromatic carbocycles. The Kier molecular flexibility index (Phi) is 6.06. The van der Waals surface area contributed by atoms with Crippen LogP contribution in [0.15, 0.2) is 52.0 Å². The number of imidazole rings is 1. The van der Waals surface area contributed by atoms with Gasteiger partial charge in [-0.1, -0.05) is 20.8 Å². The molecule has 3 aromatic heterocycles. The molecule has 1 saturated carbocycles. The van der Waals surface area contributed by atoms with E-state index in [-0.39, 0.29) is 22.3 Å². The average Bonchev–Trinajstić information content (AvgIpc) is 3.46. The maximum Gasteiger partial charge on any atom is 0.240 e. The summed E-state index contributed by atoms with van der Waals surface area (Å²) in [5.74, 6) is 1.95. The fraction of sp³-hybridized carbons (Fsp3) is 0.417. The Hall–Kier alpha value is -3.31. The van der Waals surface area contributed by atoms with Crippen molar-refractivity contribution in [3.05, 3.63) is 54.5 Å². The summed E-state index contributed by atoms with van der Waals surface area (Å²) in [5, 5.41) is 11.6. The number of fused-ring (bicyclic) bond motifs is 1. The second kappa shape index (κ2) is 9.04. The molecule has 0 unspecified atom stereocenters. The molecule has 0 spiro atoms. The number of nitrogens with zero attached hydrogens (tertiary/aromatic N) is 4. The van der Waals surface area contributed by atoms with Crippen LogP contribution in [-0.2, 0) is 15.4 Å². The van der Waals surface area contributed by atoms with Crippen molar-refractivity contribution < 1.29 is 12.8 Å². The lowest BCUT2D eigenvalue weighted by Crippen LogP contribution is -2.37. The van der Waals surface area contributed by atoms with Gasteiger partial charge in [0.15, 0.2) is 0 Å². The van der Waals surface area contributed by atoms with Crippen molar-refractivity contribution in [3.8, 4) is 0 Å². The van der Waals surface area contributed by atoms with Crippen molar-refractivity contribution in [2.24, 2.45) is 0 Å². The van der Waals surface area contributed by atoms with Crippen LogP contribution in [0.2, 0.25) is 0 Å². The van der Waals surface area contributed by atoms with Crippen molar-refractivity contribution in [1.82, 2.24) is 29.9 Å². The number of aromatic amines is 1. The van der Waals surface area contributed by atoms with Gasteiger partial charge in [0, 0.05) is 23.6 Å². The Bertz CT molecular complexity index is 1420. The molecule has 1 fully saturated rings. The lowest BCUT2D eigenvalue weighted by Gasteiger charge is -2.27. The molecule has 3 heterocycles. The summed E-state index contributed by atoms with van der Waals surface area (Å²) in [5.41, 5.74) is 1.90. The summed E-state index contributed by atoms with van der Waals surface area (Å²) in [7, 11) is -3.68. The van der Waals surface area contributed by atoms with Gasteiger partial charge in [0.1, 0.15) is 0 Å². The van der Waals surface area contributed by atoms with Crippen molar-refractivity contribution in [2.75, 3.05) is 5.32 Å². The Morgan fingerprint density at radius 2 is 1.89 bits per heavy atom. The quantitative estimate of drug-likeness (QED) is 0.358. The molecule has 5 rings (SSSR count). The fourth-order valence-electron chi connectivity index (χ4n) is 4.23. The molecule has 1 aliphatic carbocycles. The molecule has 0 radical (unpaired) electrons. The second-order valence-electron chi connectivity index (χ2n) is 10.00. The molecule has 0 atom stereocenters. The van der Waals surface area contributed by atoms with Gasteiger partial charge in [0.05, 0.1) is 27.8 Å². The molecule has 35 heavy (non-hydrogen) atoms. The van der Waals surface area contributed by atoms with Gasteiger partial charge in [0.2, 0.25) is 27.8 Å². The largest absolute Gasteiger partial charge is 0.424 e. The van der Waals surface area contributed by atoms with Crippen LogP contribution < -0.4 is 10.0 Å². The first-order valence-corrected chi connectivity index (χ1v) is 13.2. The summed E-state index contributed by atoms with van der Waals surface area (Å²) >= 11 is 0. The standard InChI is InChI=1S/C24H29N7O3S/c1-24(2,3)22-30-29-21(34-22)15-6-8-16(9-7-15)31-35(32,33)18-10-11-19-20(13-18)28-23(27-19)26-17-5-4-12-25-14-17/h4-5,10-16,31H,6-9H2,1-3H3,(H2,26,27,28)/t15-,16-. The number of benzene rings is 1. The minimum atomic E-state index is -3.68. The van der Waals surface area contributed by atoms with Crippen LogP contribution in [0.5, 0.6) is 0 Å². The van der Waals surface area contributed by atoms with Crippen LogP contribution in [-0.4, -0.2) is 39.6 Å². The van der Waals surface area contributed by atoms with Crippen LogP contribution in [0, 0.1) is 0 Å². The molecular formula is C24H29N7O3S. The first kappa shape index (κ1) is 23.4. The molecule has 11 heteroatoms. The van der Waals surface area contributed by atoms with E-state index in [4.69, 9.17) is 4.42 Å². The third kappa shape index (κ3) is 5.20. The molecule has 184 valence electrons. The highest BCUT2D eigenvalue weighted by Crippen LogP contribution is 2.34. The van der Waals surface area contributed by atoms with E-state index >= 15 is 0 Å². The van der Waals surface area contributed by atoms with E-state index in [0.29, 0.717) is 36.1 Å². The van der Waals surface area contributed by atoms with Gasteiger partial charge in [-0.15, -0.1) is 10.2 Å². The number of pyridine rings is 1. The van der Waals surface area contributed by atoms with E-state index in [9.17, 15) is 8.42 Å². The lowest BCUT2D eigenvalue weighted by atomic mass is 9.86. The number of anilines is 2. The Labute approximate surface area is 204 Å². The minimum Gasteiger partial charge on any atom is -0.424 e. The molecule has 3 N–H and O–H groups in total. The summed E-state index contributed by atoms with van der Waals surface area (Å²) in [4.78, 5) is 11.9. The van der Waals surface area contributed by atoms with Gasteiger partial charge in [-0.25, -0.2) is 18.1 Å². The SMILES string of the molecule is CC(C)(C)c1nnc([C@H]2CC[C@H](NS(=O)(=O)c3ccc4[nH]c(Nc5cccnc5)nc4c3)CC2)o1. The van der Waals surface area contributed by atoms with Crippen LogP contribution in [0.1, 0.15) is 64.2 Å². The van der Waals surface area contributed by atoms with E-state index in [0.717, 1.165) is 24.0 Å². The third-order valence-electron chi connectivity index (χ3n) is 6.17. The van der Waals surface area contributed by atoms with Crippen molar-refractivity contribution in [2.45, 2.75) is 68.7 Å². The van der Waals surface area contributed by atoms with E-state index in [1.807, 2.05) is 32.9 Å². The maximum atomic E-state index is 13.1. The molecule has 0 saturated heterocycles. The van der Waals surface area contributed by atoms with Crippen molar-refractivity contribution in [1.29, 1.82) is 0 Å². The molecule has 0 amide bonds. The summed E-state index contributed by atoms with van der Waals surface area (Å²) < 4.78 is 34.9. The Balaban J connectivity index is 1.23. The molecule has 0 bridgehead atoms. The van der Waals surface area contributed by atoms with Crippen molar-refractivity contribution in [3.63, 3.8) is 0 Å². The monoisotopic (exact) mass is 495 g/mol. The number of aromatic nitrogens is 5. The van der Waals surface area contributed by atoms with Crippen molar-refractivity contribution >= 4 is 32.7 Å². The molecule has 0 aliphatic heterocycles. The highest BCUT2D eigenvalue weighted by atomic mass is 32.2. The molecule has 10 nitrogen and oxygen atoms in total. The zero-order valence-corrected chi connectivity index (χ0v) is 20.8.